The predicted octanol–water partition coefficient (Wildman–Crippen LogP) is 4.79. The Morgan fingerprint density at radius 1 is 0.739 bits per heavy atom. The monoisotopic (exact) mass is 320 g/mol. The van der Waals surface area contributed by atoms with Gasteiger partial charge in [0, 0.05) is 12.1 Å². The van der Waals surface area contributed by atoms with Crippen molar-refractivity contribution in [3.05, 3.63) is 0 Å². The molecule has 0 radical (unpaired) electrons. The Morgan fingerprint density at radius 2 is 1.30 bits per heavy atom. The zero-order chi connectivity index (χ0) is 16.4. The van der Waals surface area contributed by atoms with Gasteiger partial charge in [-0.1, -0.05) is 13.8 Å². The minimum Gasteiger partial charge on any atom is -0.301 e. The molecule has 1 spiro atoms. The highest BCUT2D eigenvalue weighted by Gasteiger charge is 2.40. The van der Waals surface area contributed by atoms with E-state index < -0.39 is 0 Å². The van der Waals surface area contributed by atoms with E-state index in [1.165, 1.54) is 77.5 Å². The molecule has 0 aromatic heterocycles. The molecule has 0 aromatic carbocycles. The fraction of sp³-hybridized carbons (Fsp3) is 1.00. The number of piperidine rings is 2. The molecule has 2 saturated heterocycles. The molecule has 2 aliphatic heterocycles. The van der Waals surface area contributed by atoms with Crippen LogP contribution >= 0.6 is 0 Å². The molecule has 3 fully saturated rings. The molecule has 1 aliphatic carbocycles. The molecule has 0 amide bonds. The van der Waals surface area contributed by atoms with Crippen LogP contribution in [0, 0.1) is 17.3 Å². The van der Waals surface area contributed by atoms with Gasteiger partial charge in [-0.2, -0.15) is 0 Å². The number of hydrogen-bond acceptors (Lipinski definition) is 2. The summed E-state index contributed by atoms with van der Waals surface area (Å²) in [6.07, 6.45) is 11.8. The van der Waals surface area contributed by atoms with Crippen LogP contribution in [0.3, 0.4) is 0 Å². The van der Waals surface area contributed by atoms with E-state index in [0.29, 0.717) is 0 Å². The lowest BCUT2D eigenvalue weighted by molar-refractivity contribution is 0.00925. The Labute approximate surface area is 145 Å². The third kappa shape index (κ3) is 4.12. The summed E-state index contributed by atoms with van der Waals surface area (Å²) in [5.41, 5.74) is 0.737. The van der Waals surface area contributed by atoms with Crippen molar-refractivity contribution in [2.45, 2.75) is 91.1 Å². The summed E-state index contributed by atoms with van der Waals surface area (Å²) in [6, 6.07) is 1.62. The Balaban J connectivity index is 1.44. The third-order valence-corrected chi connectivity index (χ3v) is 7.64. The lowest BCUT2D eigenvalue weighted by Gasteiger charge is -2.49. The lowest BCUT2D eigenvalue weighted by atomic mass is 9.63. The molecule has 0 N–H and O–H groups in total. The maximum atomic E-state index is 2.86. The van der Waals surface area contributed by atoms with Crippen molar-refractivity contribution >= 4 is 0 Å². The minimum absolute atomic E-state index is 0.733. The molecule has 0 unspecified atom stereocenters. The highest BCUT2D eigenvalue weighted by molar-refractivity contribution is 4.93. The number of likely N-dealkylation sites (tertiary alicyclic amines) is 2. The highest BCUT2D eigenvalue weighted by atomic mass is 15.2. The van der Waals surface area contributed by atoms with Gasteiger partial charge >= 0.3 is 0 Å². The quantitative estimate of drug-likeness (QED) is 0.738. The van der Waals surface area contributed by atoms with E-state index in [2.05, 4.69) is 37.5 Å². The first-order valence-corrected chi connectivity index (χ1v) is 10.5. The summed E-state index contributed by atoms with van der Waals surface area (Å²) in [4.78, 5) is 5.52. The summed E-state index contributed by atoms with van der Waals surface area (Å²) in [5, 5.41) is 0. The molecular formula is C21H40N2. The second kappa shape index (κ2) is 7.44. The van der Waals surface area contributed by atoms with E-state index in [4.69, 9.17) is 0 Å². The maximum absolute atomic E-state index is 2.86. The molecule has 0 atom stereocenters. The van der Waals surface area contributed by atoms with Crippen molar-refractivity contribution in [1.82, 2.24) is 9.80 Å². The number of hydrogen-bond donors (Lipinski definition) is 0. The van der Waals surface area contributed by atoms with Gasteiger partial charge in [0.1, 0.15) is 0 Å². The van der Waals surface area contributed by atoms with E-state index in [1.807, 2.05) is 0 Å². The molecule has 0 bridgehead atoms. The summed E-state index contributed by atoms with van der Waals surface area (Å²) >= 11 is 0. The third-order valence-electron chi connectivity index (χ3n) is 7.64. The van der Waals surface area contributed by atoms with Crippen LogP contribution in [0.25, 0.3) is 0 Å². The van der Waals surface area contributed by atoms with Crippen molar-refractivity contribution in [1.29, 1.82) is 0 Å². The van der Waals surface area contributed by atoms with Crippen LogP contribution in [-0.4, -0.2) is 48.1 Å². The minimum atomic E-state index is 0.733. The number of rotatable bonds is 3. The van der Waals surface area contributed by atoms with Crippen LogP contribution in [0.2, 0.25) is 0 Å². The molecule has 2 heterocycles. The summed E-state index contributed by atoms with van der Waals surface area (Å²) < 4.78 is 0. The van der Waals surface area contributed by atoms with Crippen LogP contribution < -0.4 is 0 Å². The van der Waals surface area contributed by atoms with E-state index in [9.17, 15) is 0 Å². The summed E-state index contributed by atoms with van der Waals surface area (Å²) in [7, 11) is 0. The second-order valence-electron chi connectivity index (χ2n) is 9.48. The molecular weight excluding hydrogens is 280 g/mol. The van der Waals surface area contributed by atoms with Gasteiger partial charge < -0.3 is 9.80 Å². The van der Waals surface area contributed by atoms with Crippen LogP contribution in [0.5, 0.6) is 0 Å². The Morgan fingerprint density at radius 3 is 1.78 bits per heavy atom. The van der Waals surface area contributed by atoms with Crippen molar-refractivity contribution in [3.63, 3.8) is 0 Å². The fourth-order valence-corrected chi connectivity index (χ4v) is 5.55. The molecule has 1 saturated carbocycles. The van der Waals surface area contributed by atoms with E-state index in [-0.39, 0.29) is 0 Å². The van der Waals surface area contributed by atoms with Crippen LogP contribution in [-0.2, 0) is 0 Å². The zero-order valence-electron chi connectivity index (χ0n) is 16.2. The SMILES string of the molecule is CC(C)C1CCC2(CC1)CCN(C1CCN(C(C)C)CC1)CC2. The zero-order valence-corrected chi connectivity index (χ0v) is 16.2. The molecule has 3 aliphatic rings. The van der Waals surface area contributed by atoms with Crippen molar-refractivity contribution in [2.24, 2.45) is 17.3 Å². The normalized spacial score (nSPS) is 29.0. The van der Waals surface area contributed by atoms with E-state index >= 15 is 0 Å². The first kappa shape index (κ1) is 17.7. The average Bonchev–Trinajstić information content (AvgIpc) is 2.56. The van der Waals surface area contributed by atoms with Crippen LogP contribution in [0.4, 0.5) is 0 Å². The number of nitrogens with zero attached hydrogens (tertiary/aromatic N) is 2. The van der Waals surface area contributed by atoms with Crippen molar-refractivity contribution in [2.75, 3.05) is 26.2 Å². The molecule has 134 valence electrons. The fourth-order valence-electron chi connectivity index (χ4n) is 5.55. The van der Waals surface area contributed by atoms with Gasteiger partial charge in [-0.15, -0.1) is 0 Å². The molecule has 2 heteroatoms. The van der Waals surface area contributed by atoms with E-state index in [1.54, 1.807) is 0 Å². The first-order valence-electron chi connectivity index (χ1n) is 10.5. The Bertz CT molecular complexity index is 350. The highest BCUT2D eigenvalue weighted by Crippen LogP contribution is 2.48. The second-order valence-corrected chi connectivity index (χ2v) is 9.48. The predicted molar refractivity (Wildman–Crippen MR) is 99.8 cm³/mol. The first-order chi connectivity index (χ1) is 11.0. The smallest absolute Gasteiger partial charge is 0.0120 e. The van der Waals surface area contributed by atoms with Crippen LogP contribution in [0.15, 0.2) is 0 Å². The molecule has 3 rings (SSSR count). The summed E-state index contributed by atoms with van der Waals surface area (Å²) in [6.45, 7) is 15.0. The Hall–Kier alpha value is -0.0800. The topological polar surface area (TPSA) is 6.48 Å². The van der Waals surface area contributed by atoms with Gasteiger partial charge in [-0.25, -0.2) is 0 Å². The van der Waals surface area contributed by atoms with Crippen molar-refractivity contribution < 1.29 is 0 Å². The van der Waals surface area contributed by atoms with Gasteiger partial charge in [0.15, 0.2) is 0 Å². The Kier molecular flexibility index (Phi) is 5.73. The van der Waals surface area contributed by atoms with Gasteiger partial charge in [0.25, 0.3) is 0 Å². The summed E-state index contributed by atoms with van der Waals surface area (Å²) in [5.74, 6) is 1.91. The molecule has 0 aromatic rings. The average molecular weight is 321 g/mol. The standard InChI is InChI=1S/C21H40N2/c1-17(2)19-5-9-21(10-6-19)11-15-23(16-12-21)20-7-13-22(14-8-20)18(3)4/h17-20H,5-16H2,1-4H3. The molecule has 2 nitrogen and oxygen atoms in total. The van der Waals surface area contributed by atoms with Gasteiger partial charge in [0.2, 0.25) is 0 Å². The van der Waals surface area contributed by atoms with Crippen molar-refractivity contribution in [3.8, 4) is 0 Å². The van der Waals surface area contributed by atoms with Gasteiger partial charge in [-0.05, 0) is 109 Å². The van der Waals surface area contributed by atoms with Gasteiger partial charge in [-0.3, -0.25) is 0 Å². The maximum Gasteiger partial charge on any atom is 0.0120 e. The molecule has 23 heavy (non-hydrogen) atoms. The van der Waals surface area contributed by atoms with Crippen LogP contribution in [0.1, 0.15) is 79.1 Å². The van der Waals surface area contributed by atoms with Gasteiger partial charge in [0.05, 0.1) is 0 Å². The largest absolute Gasteiger partial charge is 0.301 e. The van der Waals surface area contributed by atoms with E-state index in [0.717, 1.165) is 29.3 Å². The lowest BCUT2D eigenvalue weighted by Crippen LogP contribution is -2.51.